The van der Waals surface area contributed by atoms with Crippen LogP contribution in [0.2, 0.25) is 5.02 Å². The normalized spacial score (nSPS) is 17.7. The molecule has 1 N–H and O–H groups in total. The average Bonchev–Trinajstić information content (AvgIpc) is 3.16. The summed E-state index contributed by atoms with van der Waals surface area (Å²) in [6, 6.07) is 15.3. The molecule has 4 rings (SSSR count). The Balaban J connectivity index is 1.33. The van der Waals surface area contributed by atoms with Gasteiger partial charge in [0.15, 0.2) is 11.6 Å². The Labute approximate surface area is 175 Å². The van der Waals surface area contributed by atoms with Crippen LogP contribution in [0, 0.1) is 0 Å². The number of carbonyl (C=O) groups is 1. The number of methoxy groups -OCH3 is 1. The molecule has 2 aromatic rings. The van der Waals surface area contributed by atoms with Gasteiger partial charge in [-0.2, -0.15) is 0 Å². The van der Waals surface area contributed by atoms with Gasteiger partial charge in [-0.3, -0.25) is 4.79 Å². The van der Waals surface area contributed by atoms with E-state index in [0.29, 0.717) is 49.6 Å². The van der Waals surface area contributed by atoms with Crippen LogP contribution in [0.15, 0.2) is 53.5 Å². The van der Waals surface area contributed by atoms with Gasteiger partial charge in [0.25, 0.3) is 0 Å². The summed E-state index contributed by atoms with van der Waals surface area (Å²) in [5, 5.41) is 0.683. The minimum atomic E-state index is -0.603. The van der Waals surface area contributed by atoms with E-state index in [1.807, 2.05) is 53.4 Å². The highest BCUT2D eigenvalue weighted by Gasteiger charge is 2.41. The molecule has 29 heavy (non-hydrogen) atoms. The number of hydroxylamine groups is 1. The van der Waals surface area contributed by atoms with Crippen LogP contribution in [0.3, 0.4) is 0 Å². The average molecular weight is 414 g/mol. The minimum absolute atomic E-state index is 0.151. The molecule has 0 unspecified atom stereocenters. The van der Waals surface area contributed by atoms with Crippen molar-refractivity contribution >= 4 is 23.3 Å². The zero-order valence-electron chi connectivity index (χ0n) is 16.4. The summed E-state index contributed by atoms with van der Waals surface area (Å²) in [6.45, 7) is 1.26. The Kier molecular flexibility index (Phi) is 5.74. The quantitative estimate of drug-likeness (QED) is 0.813. The third-order valence-electron chi connectivity index (χ3n) is 5.47. The van der Waals surface area contributed by atoms with Gasteiger partial charge in [0.2, 0.25) is 5.91 Å². The van der Waals surface area contributed by atoms with Crippen molar-refractivity contribution < 1.29 is 14.4 Å². The van der Waals surface area contributed by atoms with Crippen molar-refractivity contribution in [2.45, 2.75) is 31.4 Å². The smallest absolute Gasteiger partial charge is 0.222 e. The maximum Gasteiger partial charge on any atom is 0.222 e. The number of likely N-dealkylation sites (tertiary alicyclic amines) is 1. The number of hydrogen-bond donors (Lipinski definition) is 1. The third kappa shape index (κ3) is 4.38. The van der Waals surface area contributed by atoms with Crippen molar-refractivity contribution in [2.75, 3.05) is 20.2 Å². The van der Waals surface area contributed by atoms with E-state index >= 15 is 0 Å². The predicted molar refractivity (Wildman–Crippen MR) is 112 cm³/mol. The number of nitrogens with zero attached hydrogens (tertiary/aromatic N) is 2. The maximum atomic E-state index is 12.7. The van der Waals surface area contributed by atoms with E-state index in [1.54, 1.807) is 7.11 Å². The lowest BCUT2D eigenvalue weighted by atomic mass is 10.00. The number of amidine groups is 1. The molecule has 1 fully saturated rings. The predicted octanol–water partition coefficient (Wildman–Crippen LogP) is 3.58. The number of rotatable bonds is 5. The first-order valence-corrected chi connectivity index (χ1v) is 10.2. The van der Waals surface area contributed by atoms with Crippen molar-refractivity contribution in [3.8, 4) is 5.75 Å². The standard InChI is InChI=1S/C22H24ClN3O3/c1-28-19-5-3-2-4-16(19)8-11-20(27)26-14-12-22(13-15-26)24-21(25-29-22)17-6-9-18(23)10-7-17/h2-7,9-10H,8,11-15H2,1H3,(H,24,25). The molecule has 0 bridgehead atoms. The Morgan fingerprint density at radius 1 is 1.21 bits per heavy atom. The molecule has 2 heterocycles. The molecule has 0 aliphatic carbocycles. The fraction of sp³-hybridized carbons (Fsp3) is 0.364. The van der Waals surface area contributed by atoms with Crippen molar-refractivity contribution in [3.05, 3.63) is 64.7 Å². The topological polar surface area (TPSA) is 63.2 Å². The number of hydrogen-bond acceptors (Lipinski definition) is 5. The second kappa shape index (κ2) is 8.43. The van der Waals surface area contributed by atoms with Gasteiger partial charge in [-0.1, -0.05) is 29.8 Å². The molecular formula is C22H24ClN3O3. The lowest BCUT2D eigenvalue weighted by Crippen LogP contribution is -2.46. The van der Waals surface area contributed by atoms with Crippen molar-refractivity contribution in [1.82, 2.24) is 10.4 Å². The SMILES string of the molecule is COc1ccccc1CCC(=O)N1CCC2(CC1)N=C(c1ccc(Cl)cc1)NO2. The summed E-state index contributed by atoms with van der Waals surface area (Å²) in [7, 11) is 1.65. The molecule has 7 heteroatoms. The largest absolute Gasteiger partial charge is 0.496 e. The number of aliphatic imine (C=N–C) groups is 1. The zero-order valence-corrected chi connectivity index (χ0v) is 17.1. The number of piperidine rings is 1. The number of ether oxygens (including phenoxy) is 1. The van der Waals surface area contributed by atoms with Crippen LogP contribution in [0.5, 0.6) is 5.75 Å². The molecule has 2 aliphatic rings. The number of benzene rings is 2. The van der Waals surface area contributed by atoms with Crippen molar-refractivity contribution in [1.29, 1.82) is 0 Å². The molecule has 2 aromatic carbocycles. The van der Waals surface area contributed by atoms with E-state index in [2.05, 4.69) is 5.48 Å². The summed E-state index contributed by atoms with van der Waals surface area (Å²) in [6.07, 6.45) is 2.46. The Bertz CT molecular complexity index is 906. The van der Waals surface area contributed by atoms with E-state index in [0.717, 1.165) is 16.9 Å². The second-order valence-electron chi connectivity index (χ2n) is 7.31. The van der Waals surface area contributed by atoms with Crippen LogP contribution in [0.4, 0.5) is 0 Å². The highest BCUT2D eigenvalue weighted by atomic mass is 35.5. The number of amides is 1. The van der Waals surface area contributed by atoms with E-state index < -0.39 is 5.72 Å². The van der Waals surface area contributed by atoms with Crippen LogP contribution in [0.1, 0.15) is 30.4 Å². The Morgan fingerprint density at radius 2 is 1.93 bits per heavy atom. The lowest BCUT2D eigenvalue weighted by molar-refractivity contribution is -0.139. The van der Waals surface area contributed by atoms with E-state index in [-0.39, 0.29) is 5.91 Å². The fourth-order valence-electron chi connectivity index (χ4n) is 3.75. The summed E-state index contributed by atoms with van der Waals surface area (Å²) >= 11 is 5.95. The molecule has 152 valence electrons. The number of nitrogens with one attached hydrogen (secondary N) is 1. The molecule has 0 aromatic heterocycles. The number of carbonyl (C=O) groups excluding carboxylic acids is 1. The van der Waals surface area contributed by atoms with E-state index in [1.165, 1.54) is 0 Å². The van der Waals surface area contributed by atoms with E-state index in [4.69, 9.17) is 26.2 Å². The highest BCUT2D eigenvalue weighted by Crippen LogP contribution is 2.31. The van der Waals surface area contributed by atoms with Crippen molar-refractivity contribution in [2.24, 2.45) is 4.99 Å². The summed E-state index contributed by atoms with van der Waals surface area (Å²) < 4.78 is 5.37. The summed E-state index contributed by atoms with van der Waals surface area (Å²) in [5.41, 5.74) is 4.33. The molecule has 1 amide bonds. The van der Waals surface area contributed by atoms with Gasteiger partial charge in [0, 0.05) is 42.9 Å². The number of aryl methyl sites for hydroxylation is 1. The van der Waals surface area contributed by atoms with Crippen molar-refractivity contribution in [3.63, 3.8) is 0 Å². The van der Waals surface area contributed by atoms with Gasteiger partial charge in [-0.15, -0.1) is 0 Å². The van der Waals surface area contributed by atoms with Crippen LogP contribution in [0.25, 0.3) is 0 Å². The monoisotopic (exact) mass is 413 g/mol. The molecule has 1 saturated heterocycles. The highest BCUT2D eigenvalue weighted by molar-refractivity contribution is 6.30. The van der Waals surface area contributed by atoms with Gasteiger partial charge in [-0.25, -0.2) is 15.3 Å². The summed E-state index contributed by atoms with van der Waals surface area (Å²) in [5.74, 6) is 1.68. The third-order valence-corrected chi connectivity index (χ3v) is 5.72. The molecule has 6 nitrogen and oxygen atoms in total. The Hall–Kier alpha value is -2.57. The number of para-hydroxylation sites is 1. The van der Waals surface area contributed by atoms with Gasteiger partial charge >= 0.3 is 0 Å². The zero-order chi connectivity index (χ0) is 20.3. The lowest BCUT2D eigenvalue weighted by Gasteiger charge is -2.35. The number of halogens is 1. The molecule has 1 spiro atoms. The summed E-state index contributed by atoms with van der Waals surface area (Å²) in [4.78, 5) is 25.2. The first-order valence-electron chi connectivity index (χ1n) is 9.78. The van der Waals surface area contributed by atoms with Gasteiger partial charge in [-0.05, 0) is 42.3 Å². The minimum Gasteiger partial charge on any atom is -0.496 e. The van der Waals surface area contributed by atoms with Gasteiger partial charge in [0.1, 0.15) is 5.75 Å². The van der Waals surface area contributed by atoms with Gasteiger partial charge < -0.3 is 9.64 Å². The first-order chi connectivity index (χ1) is 14.1. The molecule has 0 radical (unpaired) electrons. The van der Waals surface area contributed by atoms with Crippen LogP contribution in [-0.2, 0) is 16.1 Å². The van der Waals surface area contributed by atoms with Crippen LogP contribution in [-0.4, -0.2) is 42.6 Å². The molecule has 2 aliphatic heterocycles. The Morgan fingerprint density at radius 3 is 2.66 bits per heavy atom. The van der Waals surface area contributed by atoms with Crippen LogP contribution >= 0.6 is 11.6 Å². The maximum absolute atomic E-state index is 12.7. The molecule has 0 atom stereocenters. The van der Waals surface area contributed by atoms with Crippen LogP contribution < -0.4 is 10.2 Å². The molecule has 0 saturated carbocycles. The second-order valence-corrected chi connectivity index (χ2v) is 7.75. The van der Waals surface area contributed by atoms with E-state index in [9.17, 15) is 4.79 Å². The first kappa shape index (κ1) is 19.7. The van der Waals surface area contributed by atoms with Gasteiger partial charge in [0.05, 0.1) is 7.11 Å². The fourth-order valence-corrected chi connectivity index (χ4v) is 3.88. The molecular weight excluding hydrogens is 390 g/mol.